The van der Waals surface area contributed by atoms with Gasteiger partial charge in [-0.3, -0.25) is 4.98 Å². The third kappa shape index (κ3) is 5.46. The topological polar surface area (TPSA) is 51.6 Å². The lowest BCUT2D eigenvalue weighted by Crippen LogP contribution is -1.84. The van der Waals surface area contributed by atoms with Gasteiger partial charge in [-0.15, -0.1) is 10.2 Å². The zero-order chi connectivity index (χ0) is 10.8. The number of aryl methyl sites for hydroxylation is 1. The third-order valence-corrected chi connectivity index (χ3v) is 1.64. The van der Waals surface area contributed by atoms with Gasteiger partial charge < -0.3 is 0 Å². The van der Waals surface area contributed by atoms with Gasteiger partial charge in [0.2, 0.25) is 0 Å². The van der Waals surface area contributed by atoms with Crippen LogP contribution in [0.2, 0.25) is 0 Å². The fourth-order valence-corrected chi connectivity index (χ4v) is 1.01. The highest BCUT2D eigenvalue weighted by Crippen LogP contribution is 1.95. The molecule has 0 saturated heterocycles. The zero-order valence-electron chi connectivity index (χ0n) is 8.74. The Balaban J connectivity index is 0.000000162. The molecule has 2 aromatic rings. The van der Waals surface area contributed by atoms with E-state index < -0.39 is 0 Å². The summed E-state index contributed by atoms with van der Waals surface area (Å²) >= 11 is 0. The molecule has 4 heteroatoms. The number of pyridine rings is 1. The van der Waals surface area contributed by atoms with Crippen molar-refractivity contribution in [3.8, 4) is 0 Å². The monoisotopic (exact) mass is 202 g/mol. The maximum Gasteiger partial charge on any atom is 0.0529 e. The van der Waals surface area contributed by atoms with E-state index in [0.29, 0.717) is 0 Å². The third-order valence-electron chi connectivity index (χ3n) is 1.64. The average Bonchev–Trinajstić information content (AvgIpc) is 2.34. The highest BCUT2D eigenvalue weighted by molar-refractivity contribution is 5.02. The molecule has 78 valence electrons. The lowest BCUT2D eigenvalue weighted by Gasteiger charge is -1.92. The summed E-state index contributed by atoms with van der Waals surface area (Å²) in [6.07, 6.45) is 7.27. The predicted molar refractivity (Wildman–Crippen MR) is 58.1 cm³/mol. The van der Waals surface area contributed by atoms with Gasteiger partial charge in [0.25, 0.3) is 0 Å². The minimum atomic E-state index is 1.10. The van der Waals surface area contributed by atoms with E-state index in [4.69, 9.17) is 0 Å². The number of hydrogen-bond donors (Lipinski definition) is 0. The molecule has 0 atom stereocenters. The molecule has 2 rings (SSSR count). The Bertz CT molecular complexity index is 309. The molecule has 0 aliphatic heterocycles. The van der Waals surface area contributed by atoms with Crippen LogP contribution in [0.15, 0.2) is 42.9 Å². The molecule has 0 aromatic carbocycles. The molecule has 0 amide bonds. The molecule has 0 saturated carbocycles. The maximum absolute atomic E-state index is 4.17. The smallest absolute Gasteiger partial charge is 0.0529 e. The SMILES string of the molecule is CCCc1ccccn1.c1cnnnc1. The van der Waals surface area contributed by atoms with Gasteiger partial charge >= 0.3 is 0 Å². The summed E-state index contributed by atoms with van der Waals surface area (Å²) in [4.78, 5) is 4.17. The number of aromatic nitrogens is 4. The van der Waals surface area contributed by atoms with E-state index in [2.05, 4.69) is 33.4 Å². The van der Waals surface area contributed by atoms with Crippen LogP contribution in [-0.2, 0) is 6.42 Å². The molecule has 0 aliphatic rings. The first kappa shape index (κ1) is 11.2. The van der Waals surface area contributed by atoms with Crippen molar-refractivity contribution in [3.63, 3.8) is 0 Å². The zero-order valence-corrected chi connectivity index (χ0v) is 8.74. The van der Waals surface area contributed by atoms with Crippen molar-refractivity contribution in [2.75, 3.05) is 0 Å². The Morgan fingerprint density at radius 3 is 2.20 bits per heavy atom. The fourth-order valence-electron chi connectivity index (χ4n) is 1.01. The lowest BCUT2D eigenvalue weighted by molar-refractivity contribution is 0.865. The second kappa shape index (κ2) is 7.55. The largest absolute Gasteiger partial charge is 0.261 e. The van der Waals surface area contributed by atoms with E-state index in [-0.39, 0.29) is 0 Å². The van der Waals surface area contributed by atoms with E-state index in [1.165, 1.54) is 12.1 Å². The molecule has 15 heavy (non-hydrogen) atoms. The molecular formula is C11H14N4. The predicted octanol–water partition coefficient (Wildman–Crippen LogP) is 1.91. The maximum atomic E-state index is 4.17. The first-order valence-electron chi connectivity index (χ1n) is 4.91. The summed E-state index contributed by atoms with van der Waals surface area (Å²) in [5, 5.41) is 10.1. The van der Waals surface area contributed by atoms with E-state index in [1.807, 2.05) is 18.3 Å². The molecule has 2 aromatic heterocycles. The van der Waals surface area contributed by atoms with E-state index in [1.54, 1.807) is 18.5 Å². The number of rotatable bonds is 2. The Kier molecular flexibility index (Phi) is 5.66. The first-order valence-corrected chi connectivity index (χ1v) is 4.91. The van der Waals surface area contributed by atoms with Crippen LogP contribution in [-0.4, -0.2) is 20.4 Å². The summed E-state index contributed by atoms with van der Waals surface area (Å²) in [6, 6.07) is 7.74. The first-order chi connectivity index (χ1) is 7.43. The highest BCUT2D eigenvalue weighted by atomic mass is 15.3. The van der Waals surface area contributed by atoms with Crippen LogP contribution in [0.4, 0.5) is 0 Å². The summed E-state index contributed by atoms with van der Waals surface area (Å²) in [6.45, 7) is 2.16. The molecule has 0 N–H and O–H groups in total. The quantitative estimate of drug-likeness (QED) is 0.746. The van der Waals surface area contributed by atoms with Crippen molar-refractivity contribution in [1.29, 1.82) is 0 Å². The average molecular weight is 202 g/mol. The standard InChI is InChI=1S/C8H11N.C3H3N3/c1-2-5-8-6-3-4-7-9-8;1-2-4-6-5-3-1/h3-4,6-7H,2,5H2,1H3;1-3H. The Morgan fingerprint density at radius 2 is 1.80 bits per heavy atom. The second-order valence-electron chi connectivity index (χ2n) is 2.88. The van der Waals surface area contributed by atoms with Crippen LogP contribution in [0.5, 0.6) is 0 Å². The Labute approximate surface area is 89.4 Å². The van der Waals surface area contributed by atoms with Crippen LogP contribution in [0, 0.1) is 0 Å². The molecular weight excluding hydrogens is 188 g/mol. The lowest BCUT2D eigenvalue weighted by atomic mass is 10.2. The minimum Gasteiger partial charge on any atom is -0.261 e. The van der Waals surface area contributed by atoms with Crippen LogP contribution in [0.1, 0.15) is 19.0 Å². The van der Waals surface area contributed by atoms with Gasteiger partial charge in [0.1, 0.15) is 0 Å². The van der Waals surface area contributed by atoms with Gasteiger partial charge in [-0.05, 0) is 29.8 Å². The van der Waals surface area contributed by atoms with Crippen molar-refractivity contribution in [2.24, 2.45) is 0 Å². The molecule has 2 heterocycles. The summed E-state index contributed by atoms with van der Waals surface area (Å²) < 4.78 is 0. The molecule has 4 nitrogen and oxygen atoms in total. The van der Waals surface area contributed by atoms with Crippen molar-refractivity contribution >= 4 is 0 Å². The number of nitrogens with zero attached hydrogens (tertiary/aromatic N) is 4. The van der Waals surface area contributed by atoms with Gasteiger partial charge in [-0.2, -0.15) is 0 Å². The Morgan fingerprint density at radius 1 is 1.00 bits per heavy atom. The minimum absolute atomic E-state index is 1.10. The molecule has 0 bridgehead atoms. The normalized spacial score (nSPS) is 8.87. The van der Waals surface area contributed by atoms with Gasteiger partial charge in [0.05, 0.1) is 12.4 Å². The molecule has 0 radical (unpaired) electrons. The fraction of sp³-hybridized carbons (Fsp3) is 0.273. The van der Waals surface area contributed by atoms with Gasteiger partial charge in [-0.1, -0.05) is 19.4 Å². The molecule has 0 spiro atoms. The van der Waals surface area contributed by atoms with Gasteiger partial charge in [0.15, 0.2) is 0 Å². The van der Waals surface area contributed by atoms with Crippen LogP contribution >= 0.6 is 0 Å². The molecule has 0 unspecified atom stereocenters. The Hall–Kier alpha value is -1.84. The van der Waals surface area contributed by atoms with E-state index in [9.17, 15) is 0 Å². The van der Waals surface area contributed by atoms with Crippen molar-refractivity contribution in [2.45, 2.75) is 19.8 Å². The van der Waals surface area contributed by atoms with Gasteiger partial charge in [-0.25, -0.2) is 0 Å². The van der Waals surface area contributed by atoms with E-state index >= 15 is 0 Å². The molecule has 0 aliphatic carbocycles. The summed E-state index contributed by atoms with van der Waals surface area (Å²) in [5.41, 5.74) is 1.19. The highest BCUT2D eigenvalue weighted by Gasteiger charge is 1.86. The van der Waals surface area contributed by atoms with Gasteiger partial charge in [0, 0.05) is 11.9 Å². The van der Waals surface area contributed by atoms with Crippen LogP contribution < -0.4 is 0 Å². The summed E-state index contributed by atoms with van der Waals surface area (Å²) in [5.74, 6) is 0. The van der Waals surface area contributed by atoms with Crippen molar-refractivity contribution < 1.29 is 0 Å². The second-order valence-corrected chi connectivity index (χ2v) is 2.88. The van der Waals surface area contributed by atoms with Crippen LogP contribution in [0.3, 0.4) is 0 Å². The van der Waals surface area contributed by atoms with E-state index in [0.717, 1.165) is 6.42 Å². The molecule has 0 fully saturated rings. The number of hydrogen-bond acceptors (Lipinski definition) is 4. The van der Waals surface area contributed by atoms with Crippen molar-refractivity contribution in [1.82, 2.24) is 20.4 Å². The summed E-state index contributed by atoms with van der Waals surface area (Å²) in [7, 11) is 0. The van der Waals surface area contributed by atoms with Crippen molar-refractivity contribution in [3.05, 3.63) is 48.5 Å². The van der Waals surface area contributed by atoms with Crippen LogP contribution in [0.25, 0.3) is 0 Å².